The molecule has 1 atom stereocenters. The molecule has 1 aromatic carbocycles. The number of rotatable bonds is 3. The van der Waals surface area contributed by atoms with E-state index in [9.17, 15) is 0 Å². The summed E-state index contributed by atoms with van der Waals surface area (Å²) in [6.45, 7) is 6.64. The summed E-state index contributed by atoms with van der Waals surface area (Å²) in [6.07, 6.45) is 0.850. The van der Waals surface area contributed by atoms with Crippen LogP contribution in [0.15, 0.2) is 10.5 Å². The zero-order valence-electron chi connectivity index (χ0n) is 10.4. The van der Waals surface area contributed by atoms with Gasteiger partial charge in [0.1, 0.15) is 0 Å². The van der Waals surface area contributed by atoms with Crippen molar-refractivity contribution in [3.63, 3.8) is 0 Å². The lowest BCUT2D eigenvalue weighted by atomic mass is 9.92. The lowest BCUT2D eigenvalue weighted by Crippen LogP contribution is -2.19. The summed E-state index contributed by atoms with van der Waals surface area (Å²) in [4.78, 5) is 0. The van der Waals surface area contributed by atoms with Gasteiger partial charge in [0.05, 0.1) is 4.47 Å². The van der Waals surface area contributed by atoms with Crippen molar-refractivity contribution in [3.8, 4) is 11.5 Å². The molecule has 0 spiro atoms. The summed E-state index contributed by atoms with van der Waals surface area (Å²) in [7, 11) is 0. The van der Waals surface area contributed by atoms with Crippen molar-refractivity contribution >= 4 is 15.9 Å². The Morgan fingerprint density at radius 2 is 1.94 bits per heavy atom. The van der Waals surface area contributed by atoms with E-state index < -0.39 is 0 Å². The van der Waals surface area contributed by atoms with Crippen LogP contribution in [0.25, 0.3) is 0 Å². The van der Waals surface area contributed by atoms with Gasteiger partial charge in [0, 0.05) is 11.6 Å². The first-order valence-electron chi connectivity index (χ1n) is 5.87. The van der Waals surface area contributed by atoms with Gasteiger partial charge in [0.25, 0.3) is 0 Å². The van der Waals surface area contributed by atoms with Crippen LogP contribution in [0.5, 0.6) is 11.5 Å². The van der Waals surface area contributed by atoms with Gasteiger partial charge in [-0.2, -0.15) is 0 Å². The van der Waals surface area contributed by atoms with Crippen LogP contribution in [0.1, 0.15) is 37.8 Å². The third kappa shape index (κ3) is 2.43. The second-order valence-electron chi connectivity index (χ2n) is 4.83. The van der Waals surface area contributed by atoms with Gasteiger partial charge in [0.15, 0.2) is 11.5 Å². The number of hydrogen-bond acceptors (Lipinski definition) is 3. The Balaban J connectivity index is 2.55. The fourth-order valence-electron chi connectivity index (χ4n) is 2.25. The minimum Gasteiger partial charge on any atom is -0.453 e. The maximum atomic E-state index is 5.90. The van der Waals surface area contributed by atoms with Crippen LogP contribution in [0, 0.1) is 0 Å². The lowest BCUT2D eigenvalue weighted by Gasteiger charge is -2.17. The summed E-state index contributed by atoms with van der Waals surface area (Å²) >= 11 is 3.53. The number of hydrogen-bond donors (Lipinski definition) is 1. The largest absolute Gasteiger partial charge is 0.453 e. The molecule has 1 aromatic rings. The average Bonchev–Trinajstić information content (AvgIpc) is 2.64. The van der Waals surface area contributed by atoms with Crippen molar-refractivity contribution in [2.75, 3.05) is 6.79 Å². The first-order valence-corrected chi connectivity index (χ1v) is 6.66. The van der Waals surface area contributed by atoms with Crippen molar-refractivity contribution in [1.82, 2.24) is 0 Å². The lowest BCUT2D eigenvalue weighted by molar-refractivity contribution is 0.172. The minimum absolute atomic E-state index is 0.139. The van der Waals surface area contributed by atoms with E-state index in [-0.39, 0.29) is 6.04 Å². The Kier molecular flexibility index (Phi) is 3.64. The summed E-state index contributed by atoms with van der Waals surface area (Å²) < 4.78 is 12.0. The number of fused-ring (bicyclic) bond motifs is 1. The fourth-order valence-corrected chi connectivity index (χ4v) is 2.82. The predicted molar refractivity (Wildman–Crippen MR) is 71.7 cm³/mol. The molecule has 0 fully saturated rings. The van der Waals surface area contributed by atoms with Crippen LogP contribution < -0.4 is 15.2 Å². The second-order valence-corrected chi connectivity index (χ2v) is 5.69. The van der Waals surface area contributed by atoms with Crippen molar-refractivity contribution < 1.29 is 9.47 Å². The average molecular weight is 300 g/mol. The SMILES string of the molecule is CC(N)Cc1cc(Br)c2c(c1C(C)C)OCO2. The summed E-state index contributed by atoms with van der Waals surface area (Å²) in [5.74, 6) is 2.10. The highest BCUT2D eigenvalue weighted by atomic mass is 79.9. The van der Waals surface area contributed by atoms with Gasteiger partial charge in [-0.1, -0.05) is 13.8 Å². The molecule has 0 saturated carbocycles. The minimum atomic E-state index is 0.139. The van der Waals surface area contributed by atoms with Crippen LogP contribution in [-0.4, -0.2) is 12.8 Å². The van der Waals surface area contributed by atoms with Crippen LogP contribution in [0.3, 0.4) is 0 Å². The number of ether oxygens (including phenoxy) is 2. The van der Waals surface area contributed by atoms with Crippen molar-refractivity contribution in [2.24, 2.45) is 5.73 Å². The molecule has 1 aliphatic rings. The highest BCUT2D eigenvalue weighted by Crippen LogP contribution is 2.46. The Morgan fingerprint density at radius 1 is 1.29 bits per heavy atom. The smallest absolute Gasteiger partial charge is 0.231 e. The Hall–Kier alpha value is -0.740. The normalized spacial score (nSPS) is 15.4. The van der Waals surface area contributed by atoms with Gasteiger partial charge >= 0.3 is 0 Å². The highest BCUT2D eigenvalue weighted by Gasteiger charge is 2.25. The van der Waals surface area contributed by atoms with Crippen LogP contribution in [-0.2, 0) is 6.42 Å². The molecule has 0 radical (unpaired) electrons. The van der Waals surface area contributed by atoms with Crippen molar-refractivity contribution in [1.29, 1.82) is 0 Å². The van der Waals surface area contributed by atoms with Gasteiger partial charge < -0.3 is 15.2 Å². The molecule has 2 N–H and O–H groups in total. The topological polar surface area (TPSA) is 44.5 Å². The Bertz CT molecular complexity index is 430. The maximum absolute atomic E-state index is 5.90. The summed E-state index contributed by atoms with van der Waals surface area (Å²) in [6, 6.07) is 2.24. The molecule has 3 nitrogen and oxygen atoms in total. The third-order valence-corrected chi connectivity index (χ3v) is 3.43. The molecule has 1 heterocycles. The van der Waals surface area contributed by atoms with Crippen molar-refractivity contribution in [3.05, 3.63) is 21.7 Å². The Morgan fingerprint density at radius 3 is 2.53 bits per heavy atom. The molecule has 4 heteroatoms. The second kappa shape index (κ2) is 4.86. The van der Waals surface area contributed by atoms with E-state index in [0.29, 0.717) is 12.7 Å². The van der Waals surface area contributed by atoms with E-state index in [4.69, 9.17) is 15.2 Å². The molecular weight excluding hydrogens is 282 g/mol. The molecule has 0 aliphatic carbocycles. The maximum Gasteiger partial charge on any atom is 0.231 e. The molecule has 2 rings (SSSR count). The zero-order chi connectivity index (χ0) is 12.6. The molecule has 0 bridgehead atoms. The van der Waals surface area contributed by atoms with Gasteiger partial charge in [-0.3, -0.25) is 0 Å². The molecule has 1 aliphatic heterocycles. The van der Waals surface area contributed by atoms with Crippen LogP contribution in [0.2, 0.25) is 0 Å². The molecule has 94 valence electrons. The Labute approximate surface area is 110 Å². The van der Waals surface area contributed by atoms with Gasteiger partial charge in [0.2, 0.25) is 6.79 Å². The number of halogens is 1. The molecule has 0 saturated heterocycles. The summed E-state index contributed by atoms with van der Waals surface area (Å²) in [5.41, 5.74) is 8.36. The fraction of sp³-hybridized carbons (Fsp3) is 0.538. The number of nitrogens with two attached hydrogens (primary N) is 1. The van der Waals surface area contributed by atoms with E-state index in [2.05, 4.69) is 35.8 Å². The standard InChI is InChI=1S/C13H18BrNO2/c1-7(2)11-9(4-8(3)15)5-10(14)12-13(11)17-6-16-12/h5,7-8H,4,6,15H2,1-3H3. The van der Waals surface area contributed by atoms with Crippen LogP contribution >= 0.6 is 15.9 Å². The van der Waals surface area contributed by atoms with E-state index in [1.807, 2.05) is 6.92 Å². The van der Waals surface area contributed by atoms with Gasteiger partial charge in [-0.05, 0) is 46.8 Å². The molecule has 0 amide bonds. The molecule has 17 heavy (non-hydrogen) atoms. The van der Waals surface area contributed by atoms with Crippen molar-refractivity contribution in [2.45, 2.75) is 39.2 Å². The highest BCUT2D eigenvalue weighted by molar-refractivity contribution is 9.10. The quantitative estimate of drug-likeness (QED) is 0.932. The molecular formula is C13H18BrNO2. The first kappa shape index (κ1) is 12.7. The van der Waals surface area contributed by atoms with Gasteiger partial charge in [-0.25, -0.2) is 0 Å². The van der Waals surface area contributed by atoms with E-state index in [1.165, 1.54) is 11.1 Å². The third-order valence-electron chi connectivity index (χ3n) is 2.84. The summed E-state index contributed by atoms with van der Waals surface area (Å²) in [5, 5.41) is 0. The molecule has 1 unspecified atom stereocenters. The van der Waals surface area contributed by atoms with E-state index in [1.54, 1.807) is 0 Å². The predicted octanol–water partition coefficient (Wildman–Crippen LogP) is 3.19. The van der Waals surface area contributed by atoms with Crippen LogP contribution in [0.4, 0.5) is 0 Å². The number of benzene rings is 1. The van der Waals surface area contributed by atoms with E-state index in [0.717, 1.165) is 22.4 Å². The molecule has 0 aromatic heterocycles. The zero-order valence-corrected chi connectivity index (χ0v) is 12.0. The first-order chi connectivity index (χ1) is 8.00. The van der Waals surface area contributed by atoms with E-state index >= 15 is 0 Å². The monoisotopic (exact) mass is 299 g/mol. The van der Waals surface area contributed by atoms with Gasteiger partial charge in [-0.15, -0.1) is 0 Å².